The standard InChI is InChI=1S/C11H14ClFN2/c1-8-7-14-2-3-15(8)11-5-9(12)4-10(13)6-11/h4-6,8,14H,2-3,7H2,1H3/t8-/m0/s1. The van der Waals surface area contributed by atoms with Crippen molar-refractivity contribution in [1.82, 2.24) is 5.32 Å². The zero-order valence-electron chi connectivity index (χ0n) is 8.63. The average Bonchev–Trinajstić information content (AvgIpc) is 2.16. The Morgan fingerprint density at radius 2 is 2.27 bits per heavy atom. The van der Waals surface area contributed by atoms with Crippen LogP contribution in [0, 0.1) is 5.82 Å². The molecule has 1 heterocycles. The quantitative estimate of drug-likeness (QED) is 0.794. The Bertz CT molecular complexity index is 336. The molecule has 82 valence electrons. The van der Waals surface area contributed by atoms with Gasteiger partial charge >= 0.3 is 0 Å². The first-order chi connectivity index (χ1) is 7.16. The fraction of sp³-hybridized carbons (Fsp3) is 0.455. The molecule has 1 aliphatic rings. The van der Waals surface area contributed by atoms with Gasteiger partial charge in [0.15, 0.2) is 0 Å². The van der Waals surface area contributed by atoms with Gasteiger partial charge in [0.05, 0.1) is 0 Å². The van der Waals surface area contributed by atoms with Crippen molar-refractivity contribution in [2.75, 3.05) is 24.5 Å². The summed E-state index contributed by atoms with van der Waals surface area (Å²) in [5, 5.41) is 3.75. The Hall–Kier alpha value is -0.800. The van der Waals surface area contributed by atoms with Crippen LogP contribution in [0.15, 0.2) is 18.2 Å². The van der Waals surface area contributed by atoms with E-state index in [9.17, 15) is 4.39 Å². The maximum absolute atomic E-state index is 13.2. The highest BCUT2D eigenvalue weighted by Crippen LogP contribution is 2.23. The molecule has 1 saturated heterocycles. The molecule has 1 fully saturated rings. The van der Waals surface area contributed by atoms with Gasteiger partial charge in [-0.1, -0.05) is 11.6 Å². The topological polar surface area (TPSA) is 15.3 Å². The van der Waals surface area contributed by atoms with Crippen LogP contribution in [-0.4, -0.2) is 25.7 Å². The SMILES string of the molecule is C[C@H]1CNCCN1c1cc(F)cc(Cl)c1. The highest BCUT2D eigenvalue weighted by atomic mass is 35.5. The van der Waals surface area contributed by atoms with Gasteiger partial charge < -0.3 is 10.2 Å². The molecule has 0 amide bonds. The van der Waals surface area contributed by atoms with Gasteiger partial charge in [0, 0.05) is 36.4 Å². The lowest BCUT2D eigenvalue weighted by Crippen LogP contribution is -2.49. The van der Waals surface area contributed by atoms with Crippen LogP contribution in [0.3, 0.4) is 0 Å². The van der Waals surface area contributed by atoms with Crippen LogP contribution in [-0.2, 0) is 0 Å². The molecule has 0 aliphatic carbocycles. The number of nitrogens with one attached hydrogen (secondary N) is 1. The van der Waals surface area contributed by atoms with Crippen molar-refractivity contribution in [2.45, 2.75) is 13.0 Å². The molecule has 1 aromatic carbocycles. The summed E-state index contributed by atoms with van der Waals surface area (Å²) in [6, 6.07) is 5.05. The highest BCUT2D eigenvalue weighted by molar-refractivity contribution is 6.30. The van der Waals surface area contributed by atoms with E-state index in [4.69, 9.17) is 11.6 Å². The van der Waals surface area contributed by atoms with Crippen LogP contribution in [0.25, 0.3) is 0 Å². The minimum Gasteiger partial charge on any atom is -0.366 e. The Labute approximate surface area is 94.0 Å². The van der Waals surface area contributed by atoms with Gasteiger partial charge in [0.2, 0.25) is 0 Å². The lowest BCUT2D eigenvalue weighted by molar-refractivity contribution is 0.499. The van der Waals surface area contributed by atoms with Crippen molar-refractivity contribution >= 4 is 17.3 Å². The van der Waals surface area contributed by atoms with E-state index in [1.54, 1.807) is 0 Å². The molecular formula is C11H14ClFN2. The number of piperazine rings is 1. The molecule has 0 aromatic heterocycles. The second-order valence-electron chi connectivity index (χ2n) is 3.87. The van der Waals surface area contributed by atoms with Crippen LogP contribution in [0.1, 0.15) is 6.92 Å². The number of benzene rings is 1. The number of anilines is 1. The first-order valence-corrected chi connectivity index (χ1v) is 5.48. The van der Waals surface area contributed by atoms with Crippen molar-refractivity contribution in [3.05, 3.63) is 29.0 Å². The Balaban J connectivity index is 2.27. The molecule has 1 atom stereocenters. The predicted octanol–water partition coefficient (Wildman–Crippen LogP) is 2.28. The number of nitrogens with zero attached hydrogens (tertiary/aromatic N) is 1. The average molecular weight is 229 g/mol. The molecule has 0 spiro atoms. The smallest absolute Gasteiger partial charge is 0.126 e. The van der Waals surface area contributed by atoms with Crippen LogP contribution >= 0.6 is 11.6 Å². The van der Waals surface area contributed by atoms with Crippen molar-refractivity contribution in [1.29, 1.82) is 0 Å². The number of rotatable bonds is 1. The summed E-state index contributed by atoms with van der Waals surface area (Å²) in [6.45, 7) is 4.86. The Kier molecular flexibility index (Phi) is 3.12. The van der Waals surface area contributed by atoms with Crippen LogP contribution in [0.4, 0.5) is 10.1 Å². The van der Waals surface area contributed by atoms with Crippen LogP contribution in [0.5, 0.6) is 0 Å². The van der Waals surface area contributed by atoms with E-state index in [-0.39, 0.29) is 5.82 Å². The minimum absolute atomic E-state index is 0.275. The second-order valence-corrected chi connectivity index (χ2v) is 4.31. The van der Waals surface area contributed by atoms with E-state index in [0.717, 1.165) is 25.3 Å². The monoisotopic (exact) mass is 228 g/mol. The van der Waals surface area contributed by atoms with Gasteiger partial charge in [-0.3, -0.25) is 0 Å². The fourth-order valence-corrected chi connectivity index (χ4v) is 2.15. The van der Waals surface area contributed by atoms with Crippen molar-refractivity contribution < 1.29 is 4.39 Å². The Morgan fingerprint density at radius 3 is 2.93 bits per heavy atom. The summed E-state index contributed by atoms with van der Waals surface area (Å²) in [6.07, 6.45) is 0. The number of hydrogen-bond acceptors (Lipinski definition) is 2. The molecule has 1 N–H and O–H groups in total. The lowest BCUT2D eigenvalue weighted by atomic mass is 10.2. The molecule has 0 bridgehead atoms. The maximum atomic E-state index is 13.2. The Morgan fingerprint density at radius 1 is 1.47 bits per heavy atom. The molecule has 2 rings (SSSR count). The van der Waals surface area contributed by atoms with Gasteiger partial charge in [-0.25, -0.2) is 4.39 Å². The zero-order valence-corrected chi connectivity index (χ0v) is 9.39. The first kappa shape index (κ1) is 10.7. The molecule has 2 nitrogen and oxygen atoms in total. The fourth-order valence-electron chi connectivity index (χ4n) is 1.93. The van der Waals surface area contributed by atoms with E-state index < -0.39 is 0 Å². The summed E-state index contributed by atoms with van der Waals surface area (Å²) in [4.78, 5) is 2.17. The number of halogens is 2. The molecule has 4 heteroatoms. The van der Waals surface area contributed by atoms with Crippen molar-refractivity contribution in [2.24, 2.45) is 0 Å². The molecular weight excluding hydrogens is 215 g/mol. The molecule has 0 saturated carbocycles. The highest BCUT2D eigenvalue weighted by Gasteiger charge is 2.18. The van der Waals surface area contributed by atoms with Gasteiger partial charge in [0.25, 0.3) is 0 Å². The third-order valence-electron chi connectivity index (χ3n) is 2.68. The van der Waals surface area contributed by atoms with E-state index in [0.29, 0.717) is 11.1 Å². The van der Waals surface area contributed by atoms with Crippen molar-refractivity contribution in [3.8, 4) is 0 Å². The van der Waals surface area contributed by atoms with Gasteiger partial charge in [-0.2, -0.15) is 0 Å². The molecule has 0 unspecified atom stereocenters. The van der Waals surface area contributed by atoms with E-state index in [1.165, 1.54) is 12.1 Å². The van der Waals surface area contributed by atoms with Gasteiger partial charge in [0.1, 0.15) is 5.82 Å². The summed E-state index contributed by atoms with van der Waals surface area (Å²) >= 11 is 5.83. The normalized spacial score (nSPS) is 21.8. The molecule has 1 aromatic rings. The van der Waals surface area contributed by atoms with Crippen LogP contribution < -0.4 is 10.2 Å². The van der Waals surface area contributed by atoms with Crippen molar-refractivity contribution in [3.63, 3.8) is 0 Å². The first-order valence-electron chi connectivity index (χ1n) is 5.10. The van der Waals surface area contributed by atoms with E-state index in [1.807, 2.05) is 6.07 Å². The summed E-state index contributed by atoms with van der Waals surface area (Å²) in [5.74, 6) is -0.275. The number of hydrogen-bond donors (Lipinski definition) is 1. The lowest BCUT2D eigenvalue weighted by Gasteiger charge is -2.36. The van der Waals surface area contributed by atoms with E-state index >= 15 is 0 Å². The maximum Gasteiger partial charge on any atom is 0.126 e. The summed E-state index contributed by atoms with van der Waals surface area (Å²) < 4.78 is 13.2. The molecule has 1 aliphatic heterocycles. The third kappa shape index (κ3) is 2.41. The molecule has 0 radical (unpaired) electrons. The van der Waals surface area contributed by atoms with E-state index in [2.05, 4.69) is 17.1 Å². The second kappa shape index (κ2) is 4.37. The summed E-state index contributed by atoms with van der Waals surface area (Å²) in [7, 11) is 0. The predicted molar refractivity (Wildman–Crippen MR) is 61.1 cm³/mol. The van der Waals surface area contributed by atoms with Gasteiger partial charge in [-0.15, -0.1) is 0 Å². The summed E-state index contributed by atoms with van der Waals surface area (Å²) in [5.41, 5.74) is 0.869. The molecule has 15 heavy (non-hydrogen) atoms. The van der Waals surface area contributed by atoms with Crippen LogP contribution in [0.2, 0.25) is 5.02 Å². The minimum atomic E-state index is -0.275. The van der Waals surface area contributed by atoms with Gasteiger partial charge in [-0.05, 0) is 25.1 Å². The zero-order chi connectivity index (χ0) is 10.8. The largest absolute Gasteiger partial charge is 0.366 e. The third-order valence-corrected chi connectivity index (χ3v) is 2.90.